The largest absolute Gasteiger partial charge is 0.370 e. The first-order chi connectivity index (χ1) is 9.83. The molecule has 0 fully saturated rings. The fourth-order valence-electron chi connectivity index (χ4n) is 1.91. The van der Waals surface area contributed by atoms with Crippen LogP contribution in [0.1, 0.15) is 26.0 Å². The van der Waals surface area contributed by atoms with Crippen molar-refractivity contribution in [3.05, 3.63) is 42.5 Å². The maximum Gasteiger partial charge on any atom is 0.134 e. The Balaban J connectivity index is 2.10. The van der Waals surface area contributed by atoms with E-state index in [-0.39, 0.29) is 0 Å². The molecule has 106 valence electrons. The van der Waals surface area contributed by atoms with Gasteiger partial charge in [0.25, 0.3) is 0 Å². The van der Waals surface area contributed by atoms with Gasteiger partial charge in [-0.15, -0.1) is 0 Å². The van der Waals surface area contributed by atoms with Crippen molar-refractivity contribution in [2.24, 2.45) is 0 Å². The average Bonchev–Trinajstić information content (AvgIpc) is 2.52. The lowest BCUT2D eigenvalue weighted by molar-refractivity contribution is 0.791. The van der Waals surface area contributed by atoms with E-state index in [2.05, 4.69) is 39.0 Å². The SMILES string of the molecule is CCCNc1cc(N(CC)Cc2ccccn2)ncn1. The molecule has 2 aromatic rings. The lowest BCUT2D eigenvalue weighted by Gasteiger charge is -2.21. The van der Waals surface area contributed by atoms with E-state index in [1.54, 1.807) is 6.33 Å². The number of hydrogen-bond donors (Lipinski definition) is 1. The Hall–Kier alpha value is -2.17. The highest BCUT2D eigenvalue weighted by atomic mass is 15.2. The van der Waals surface area contributed by atoms with Crippen molar-refractivity contribution in [3.8, 4) is 0 Å². The minimum absolute atomic E-state index is 0.752. The van der Waals surface area contributed by atoms with Gasteiger partial charge in [-0.05, 0) is 25.5 Å². The molecule has 0 saturated heterocycles. The summed E-state index contributed by atoms with van der Waals surface area (Å²) in [5, 5.41) is 3.28. The number of aromatic nitrogens is 3. The Bertz CT molecular complexity index is 515. The molecule has 0 aliphatic rings. The Morgan fingerprint density at radius 3 is 2.75 bits per heavy atom. The summed E-state index contributed by atoms with van der Waals surface area (Å²) in [6.45, 7) is 6.80. The van der Waals surface area contributed by atoms with Crippen molar-refractivity contribution in [2.75, 3.05) is 23.3 Å². The normalized spacial score (nSPS) is 10.3. The van der Waals surface area contributed by atoms with Crippen LogP contribution >= 0.6 is 0 Å². The third-order valence-electron chi connectivity index (χ3n) is 2.99. The minimum Gasteiger partial charge on any atom is -0.370 e. The molecule has 0 aliphatic carbocycles. The van der Waals surface area contributed by atoms with Crippen LogP contribution in [0.4, 0.5) is 11.6 Å². The van der Waals surface area contributed by atoms with Gasteiger partial charge >= 0.3 is 0 Å². The lowest BCUT2D eigenvalue weighted by Crippen LogP contribution is -2.23. The molecular formula is C15H21N5. The number of nitrogens with one attached hydrogen (secondary N) is 1. The van der Waals surface area contributed by atoms with E-state index in [1.807, 2.05) is 30.5 Å². The first kappa shape index (κ1) is 14.2. The van der Waals surface area contributed by atoms with Gasteiger partial charge in [-0.1, -0.05) is 13.0 Å². The molecular weight excluding hydrogens is 250 g/mol. The Kier molecular flexibility index (Phi) is 5.29. The number of anilines is 2. The third kappa shape index (κ3) is 3.91. The predicted octanol–water partition coefficient (Wildman–Crippen LogP) is 2.72. The molecule has 0 bridgehead atoms. The van der Waals surface area contributed by atoms with Crippen molar-refractivity contribution >= 4 is 11.6 Å². The van der Waals surface area contributed by atoms with Gasteiger partial charge in [0.15, 0.2) is 0 Å². The van der Waals surface area contributed by atoms with Crippen LogP contribution in [-0.2, 0) is 6.54 Å². The summed E-state index contributed by atoms with van der Waals surface area (Å²) in [4.78, 5) is 15.1. The summed E-state index contributed by atoms with van der Waals surface area (Å²) in [6, 6.07) is 7.95. The van der Waals surface area contributed by atoms with Crippen LogP contribution in [0, 0.1) is 0 Å². The summed E-state index contributed by atoms with van der Waals surface area (Å²) < 4.78 is 0. The second-order valence-corrected chi connectivity index (χ2v) is 4.52. The van der Waals surface area contributed by atoms with Crippen LogP contribution < -0.4 is 10.2 Å². The zero-order chi connectivity index (χ0) is 14.2. The van der Waals surface area contributed by atoms with Crippen molar-refractivity contribution in [2.45, 2.75) is 26.8 Å². The molecule has 0 amide bonds. The molecule has 1 N–H and O–H groups in total. The molecule has 0 radical (unpaired) electrons. The first-order valence-electron chi connectivity index (χ1n) is 7.04. The number of pyridine rings is 1. The van der Waals surface area contributed by atoms with Crippen molar-refractivity contribution in [1.29, 1.82) is 0 Å². The molecule has 5 heteroatoms. The van der Waals surface area contributed by atoms with Crippen molar-refractivity contribution in [3.63, 3.8) is 0 Å². The first-order valence-corrected chi connectivity index (χ1v) is 7.04. The highest BCUT2D eigenvalue weighted by Crippen LogP contribution is 2.16. The molecule has 2 rings (SSSR count). The van der Waals surface area contributed by atoms with Crippen LogP contribution in [0.3, 0.4) is 0 Å². The summed E-state index contributed by atoms with van der Waals surface area (Å²) in [5.41, 5.74) is 1.04. The maximum atomic E-state index is 4.36. The Morgan fingerprint density at radius 2 is 2.05 bits per heavy atom. The fraction of sp³-hybridized carbons (Fsp3) is 0.400. The van der Waals surface area contributed by atoms with Crippen LogP contribution in [0.2, 0.25) is 0 Å². The monoisotopic (exact) mass is 271 g/mol. The molecule has 0 spiro atoms. The predicted molar refractivity (Wildman–Crippen MR) is 81.8 cm³/mol. The Labute approximate surface area is 120 Å². The second kappa shape index (κ2) is 7.43. The fourth-order valence-corrected chi connectivity index (χ4v) is 1.91. The smallest absolute Gasteiger partial charge is 0.134 e. The third-order valence-corrected chi connectivity index (χ3v) is 2.99. The molecule has 0 atom stereocenters. The quantitative estimate of drug-likeness (QED) is 0.839. The summed E-state index contributed by atoms with van der Waals surface area (Å²) in [6.07, 6.45) is 4.50. The van der Waals surface area contributed by atoms with Gasteiger partial charge in [-0.3, -0.25) is 4.98 Å². The highest BCUT2D eigenvalue weighted by Gasteiger charge is 2.08. The number of rotatable bonds is 7. The van der Waals surface area contributed by atoms with Crippen molar-refractivity contribution in [1.82, 2.24) is 15.0 Å². The summed E-state index contributed by atoms with van der Waals surface area (Å²) in [7, 11) is 0. The molecule has 0 aliphatic heterocycles. The van der Waals surface area contributed by atoms with E-state index in [0.29, 0.717) is 0 Å². The average molecular weight is 271 g/mol. The van der Waals surface area contributed by atoms with Gasteiger partial charge < -0.3 is 10.2 Å². The molecule has 5 nitrogen and oxygen atoms in total. The topological polar surface area (TPSA) is 53.9 Å². The van der Waals surface area contributed by atoms with Crippen LogP contribution in [0.5, 0.6) is 0 Å². The van der Waals surface area contributed by atoms with Crippen LogP contribution in [0.25, 0.3) is 0 Å². The molecule has 0 saturated carbocycles. The van der Waals surface area contributed by atoms with E-state index < -0.39 is 0 Å². The molecule has 2 aromatic heterocycles. The maximum absolute atomic E-state index is 4.36. The molecule has 0 unspecified atom stereocenters. The van der Waals surface area contributed by atoms with Gasteiger partial charge in [0, 0.05) is 25.4 Å². The van der Waals surface area contributed by atoms with Crippen LogP contribution in [0.15, 0.2) is 36.8 Å². The molecule has 0 aromatic carbocycles. The molecule has 20 heavy (non-hydrogen) atoms. The minimum atomic E-state index is 0.752. The van der Waals surface area contributed by atoms with Gasteiger partial charge in [0.2, 0.25) is 0 Å². The van der Waals surface area contributed by atoms with E-state index in [0.717, 1.165) is 43.4 Å². The standard InChI is InChI=1S/C15H21N5/c1-3-8-17-14-10-15(19-12-18-14)20(4-2)11-13-7-5-6-9-16-13/h5-7,9-10,12H,3-4,8,11H2,1-2H3,(H,17,18,19). The number of nitrogens with zero attached hydrogens (tertiary/aromatic N) is 4. The van der Waals surface area contributed by atoms with Crippen LogP contribution in [-0.4, -0.2) is 28.0 Å². The summed E-state index contributed by atoms with van der Waals surface area (Å²) in [5.74, 6) is 1.79. The zero-order valence-electron chi connectivity index (χ0n) is 12.1. The van der Waals surface area contributed by atoms with Crippen molar-refractivity contribution < 1.29 is 0 Å². The Morgan fingerprint density at radius 1 is 1.15 bits per heavy atom. The second-order valence-electron chi connectivity index (χ2n) is 4.52. The summed E-state index contributed by atoms with van der Waals surface area (Å²) >= 11 is 0. The van der Waals surface area contributed by atoms with E-state index in [9.17, 15) is 0 Å². The van der Waals surface area contributed by atoms with E-state index >= 15 is 0 Å². The zero-order valence-corrected chi connectivity index (χ0v) is 12.1. The number of hydrogen-bond acceptors (Lipinski definition) is 5. The lowest BCUT2D eigenvalue weighted by atomic mass is 10.3. The van der Waals surface area contributed by atoms with E-state index in [1.165, 1.54) is 0 Å². The van der Waals surface area contributed by atoms with Gasteiger partial charge in [0.05, 0.1) is 12.2 Å². The van der Waals surface area contributed by atoms with Gasteiger partial charge in [-0.25, -0.2) is 9.97 Å². The van der Waals surface area contributed by atoms with E-state index in [4.69, 9.17) is 0 Å². The molecule has 2 heterocycles. The van der Waals surface area contributed by atoms with Gasteiger partial charge in [-0.2, -0.15) is 0 Å². The highest BCUT2D eigenvalue weighted by molar-refractivity contribution is 5.48. The van der Waals surface area contributed by atoms with Gasteiger partial charge in [0.1, 0.15) is 18.0 Å².